The van der Waals surface area contributed by atoms with Crippen LogP contribution in [0.15, 0.2) is 57.4 Å². The van der Waals surface area contributed by atoms with Crippen molar-refractivity contribution in [2.24, 2.45) is 23.7 Å². The third-order valence-electron chi connectivity index (χ3n) is 9.48. The van der Waals surface area contributed by atoms with E-state index < -0.39 is 0 Å². The van der Waals surface area contributed by atoms with Crippen molar-refractivity contribution in [1.29, 1.82) is 0 Å². The third kappa shape index (κ3) is 11.2. The highest BCUT2D eigenvalue weighted by Gasteiger charge is 2.21. The zero-order valence-corrected chi connectivity index (χ0v) is 32.5. The van der Waals surface area contributed by atoms with E-state index in [9.17, 15) is 0 Å². The van der Waals surface area contributed by atoms with Crippen LogP contribution in [0, 0.1) is 61.2 Å². The second-order valence-electron chi connectivity index (χ2n) is 15.3. The molecule has 6 nitrogen and oxygen atoms in total. The maximum absolute atomic E-state index is 6.12. The summed E-state index contributed by atoms with van der Waals surface area (Å²) < 4.78 is 24.3. The van der Waals surface area contributed by atoms with Crippen molar-refractivity contribution in [3.05, 3.63) is 82.6 Å². The zero-order chi connectivity index (χ0) is 37.0. The molecule has 5 rings (SSSR count). The van der Waals surface area contributed by atoms with E-state index in [1.807, 2.05) is 62.4 Å². The summed E-state index contributed by atoms with van der Waals surface area (Å²) in [5.74, 6) is 18.8. The van der Waals surface area contributed by atoms with E-state index in [0.717, 1.165) is 47.3 Å². The van der Waals surface area contributed by atoms with Gasteiger partial charge in [-0.25, -0.2) is 9.97 Å². The van der Waals surface area contributed by atoms with Crippen molar-refractivity contribution >= 4 is 22.2 Å². The maximum atomic E-state index is 6.12. The molecule has 0 aliphatic carbocycles. The molecule has 274 valence electrons. The number of aryl methyl sites for hydroxylation is 2. The molecular weight excluding hydrogens is 645 g/mol. The molecule has 0 aliphatic rings. The SMILES string of the molecule is Cc1nc2c(C#Cc3ccc(OCCC(C)CCCC(C)C)cc3)c3oc(C)nc3c(C#Cc3ccc(OCCC(C)CCCC(C)C)cc3)c2o1. The molecule has 2 aromatic heterocycles. The number of oxazole rings is 2. The highest BCUT2D eigenvalue weighted by atomic mass is 16.5. The molecule has 6 heteroatoms. The summed E-state index contributed by atoms with van der Waals surface area (Å²) in [5, 5.41) is 0. The Morgan fingerprint density at radius 3 is 1.27 bits per heavy atom. The number of nitrogens with zero attached hydrogens (tertiary/aromatic N) is 2. The summed E-state index contributed by atoms with van der Waals surface area (Å²) in [7, 11) is 0. The Balaban J connectivity index is 1.27. The van der Waals surface area contributed by atoms with Gasteiger partial charge in [-0.15, -0.1) is 0 Å². The molecule has 3 aromatic carbocycles. The molecule has 0 fully saturated rings. The van der Waals surface area contributed by atoms with Crippen LogP contribution in [0.1, 0.15) is 127 Å². The lowest BCUT2D eigenvalue weighted by atomic mass is 9.98. The van der Waals surface area contributed by atoms with Gasteiger partial charge < -0.3 is 18.3 Å². The fourth-order valence-corrected chi connectivity index (χ4v) is 6.31. The molecule has 0 spiro atoms. The molecule has 2 heterocycles. The minimum Gasteiger partial charge on any atom is -0.494 e. The van der Waals surface area contributed by atoms with Crippen LogP contribution in [0.5, 0.6) is 11.5 Å². The first-order chi connectivity index (χ1) is 25.0. The predicted molar refractivity (Wildman–Crippen MR) is 212 cm³/mol. The van der Waals surface area contributed by atoms with Crippen LogP contribution < -0.4 is 9.47 Å². The van der Waals surface area contributed by atoms with Crippen LogP contribution in [-0.2, 0) is 0 Å². The number of benzene rings is 3. The number of fused-ring (bicyclic) bond motifs is 2. The van der Waals surface area contributed by atoms with E-state index in [1.54, 1.807) is 0 Å². The molecule has 0 bridgehead atoms. The van der Waals surface area contributed by atoms with Gasteiger partial charge in [0.25, 0.3) is 0 Å². The lowest BCUT2D eigenvalue weighted by molar-refractivity contribution is 0.275. The molecule has 5 aromatic rings. The fraction of sp³-hybridized carbons (Fsp3) is 0.478. The average molecular weight is 701 g/mol. The Labute approximate surface area is 311 Å². The van der Waals surface area contributed by atoms with Gasteiger partial charge in [-0.3, -0.25) is 0 Å². The number of hydrogen-bond acceptors (Lipinski definition) is 6. The van der Waals surface area contributed by atoms with E-state index in [2.05, 4.69) is 65.2 Å². The van der Waals surface area contributed by atoms with Gasteiger partial charge in [0.2, 0.25) is 0 Å². The van der Waals surface area contributed by atoms with Gasteiger partial charge in [0.05, 0.1) is 24.3 Å². The van der Waals surface area contributed by atoms with Crippen molar-refractivity contribution < 1.29 is 18.3 Å². The molecule has 0 amide bonds. The molecular formula is C46H56N2O4. The minimum absolute atomic E-state index is 0.525. The molecule has 0 saturated heterocycles. The molecule has 52 heavy (non-hydrogen) atoms. The zero-order valence-electron chi connectivity index (χ0n) is 32.5. The first kappa shape index (κ1) is 38.5. The van der Waals surface area contributed by atoms with E-state index in [0.29, 0.717) is 70.2 Å². The van der Waals surface area contributed by atoms with Crippen LogP contribution in [0.3, 0.4) is 0 Å². The van der Waals surface area contributed by atoms with E-state index in [4.69, 9.17) is 28.3 Å². The molecule has 2 unspecified atom stereocenters. The van der Waals surface area contributed by atoms with Crippen LogP contribution in [0.25, 0.3) is 22.2 Å². The monoisotopic (exact) mass is 700 g/mol. The molecule has 0 saturated carbocycles. The van der Waals surface area contributed by atoms with Crippen molar-refractivity contribution in [1.82, 2.24) is 9.97 Å². The number of aromatic nitrogens is 2. The number of hydrogen-bond donors (Lipinski definition) is 0. The number of rotatable bonds is 16. The maximum Gasteiger partial charge on any atom is 0.192 e. The smallest absolute Gasteiger partial charge is 0.192 e. The van der Waals surface area contributed by atoms with Crippen LogP contribution in [-0.4, -0.2) is 23.2 Å². The summed E-state index contributed by atoms with van der Waals surface area (Å²) in [6.45, 7) is 18.9. The Bertz CT molecular complexity index is 1810. The standard InChI is InChI=1S/C46H56N2O4/c1-31(2)11-9-13-33(5)27-29-49-39-21-15-37(16-22-39)19-25-41-43-46(52-35(7)47-43)42(44-45(41)51-36(8)48-44)26-20-38-17-23-40(24-18-38)50-30-28-34(6)14-10-12-32(3)4/h15-18,21-24,31-34H,9-14,27-30H2,1-8H3. The van der Waals surface area contributed by atoms with Crippen molar-refractivity contribution in [2.45, 2.75) is 107 Å². The largest absolute Gasteiger partial charge is 0.494 e. The molecule has 2 atom stereocenters. The van der Waals surface area contributed by atoms with Gasteiger partial charge in [-0.05, 0) is 85.0 Å². The molecule has 0 aliphatic heterocycles. The summed E-state index contributed by atoms with van der Waals surface area (Å²) in [4.78, 5) is 9.41. The van der Waals surface area contributed by atoms with Gasteiger partial charge in [-0.2, -0.15) is 0 Å². The molecule has 0 radical (unpaired) electrons. The molecule has 0 N–H and O–H groups in total. The second kappa shape index (κ2) is 18.7. The van der Waals surface area contributed by atoms with Crippen LogP contribution in [0.4, 0.5) is 0 Å². The first-order valence-electron chi connectivity index (χ1n) is 19.3. The Morgan fingerprint density at radius 2 is 0.904 bits per heavy atom. The van der Waals surface area contributed by atoms with Gasteiger partial charge in [-0.1, -0.05) is 104 Å². The normalized spacial score (nSPS) is 12.5. The summed E-state index contributed by atoms with van der Waals surface area (Å²) in [5.41, 5.74) is 5.33. The van der Waals surface area contributed by atoms with E-state index in [-0.39, 0.29) is 0 Å². The van der Waals surface area contributed by atoms with Crippen LogP contribution >= 0.6 is 0 Å². The minimum atomic E-state index is 0.525. The van der Waals surface area contributed by atoms with Crippen molar-refractivity contribution in [3.8, 4) is 35.2 Å². The van der Waals surface area contributed by atoms with Gasteiger partial charge in [0.15, 0.2) is 22.9 Å². The third-order valence-corrected chi connectivity index (χ3v) is 9.48. The van der Waals surface area contributed by atoms with E-state index >= 15 is 0 Å². The topological polar surface area (TPSA) is 70.5 Å². The fourth-order valence-electron chi connectivity index (χ4n) is 6.31. The quantitative estimate of drug-likeness (QED) is 0.0954. The van der Waals surface area contributed by atoms with Crippen molar-refractivity contribution in [3.63, 3.8) is 0 Å². The van der Waals surface area contributed by atoms with Gasteiger partial charge in [0, 0.05) is 25.0 Å². The van der Waals surface area contributed by atoms with Gasteiger partial charge >= 0.3 is 0 Å². The van der Waals surface area contributed by atoms with E-state index in [1.165, 1.54) is 38.5 Å². The lowest BCUT2D eigenvalue weighted by Crippen LogP contribution is -2.04. The Morgan fingerprint density at radius 1 is 0.519 bits per heavy atom. The lowest BCUT2D eigenvalue weighted by Gasteiger charge is -2.13. The second-order valence-corrected chi connectivity index (χ2v) is 15.3. The average Bonchev–Trinajstić information content (AvgIpc) is 3.68. The predicted octanol–water partition coefficient (Wildman–Crippen LogP) is 11.8. The first-order valence-corrected chi connectivity index (χ1v) is 19.3. The highest BCUT2D eigenvalue weighted by molar-refractivity contribution is 6.02. The summed E-state index contributed by atoms with van der Waals surface area (Å²) in [6, 6.07) is 15.8. The Kier molecular flexibility index (Phi) is 13.9. The number of ether oxygens (including phenoxy) is 2. The van der Waals surface area contributed by atoms with Gasteiger partial charge in [0.1, 0.15) is 22.5 Å². The summed E-state index contributed by atoms with van der Waals surface area (Å²) >= 11 is 0. The highest BCUT2D eigenvalue weighted by Crippen LogP contribution is 2.33. The van der Waals surface area contributed by atoms with Crippen LogP contribution in [0.2, 0.25) is 0 Å². The van der Waals surface area contributed by atoms with Crippen molar-refractivity contribution in [2.75, 3.05) is 13.2 Å². The summed E-state index contributed by atoms with van der Waals surface area (Å²) in [6.07, 6.45) is 9.76. The Hall–Kier alpha value is -4.68.